The molecule has 0 radical (unpaired) electrons. The number of rotatable bonds is 6. The lowest BCUT2D eigenvalue weighted by molar-refractivity contribution is 0.0928. The van der Waals surface area contributed by atoms with E-state index in [4.69, 9.17) is 5.11 Å². The topological polar surface area (TPSA) is 69.6 Å². The van der Waals surface area contributed by atoms with Crippen molar-refractivity contribution >= 4 is 10.2 Å². The molecule has 1 aliphatic rings. The van der Waals surface area contributed by atoms with Gasteiger partial charge in [-0.1, -0.05) is 27.7 Å². The minimum absolute atomic E-state index is 0.00332. The highest BCUT2D eigenvalue weighted by Crippen LogP contribution is 2.45. The quantitative estimate of drug-likeness (QED) is 0.785. The average Bonchev–Trinajstić information content (AvgIpc) is 2.20. The molecule has 0 aromatic heterocycles. The highest BCUT2D eigenvalue weighted by atomic mass is 32.2. The van der Waals surface area contributed by atoms with Crippen LogP contribution in [0.25, 0.3) is 0 Å². The molecule has 0 aromatic rings. The average molecular weight is 306 g/mol. The fourth-order valence-corrected chi connectivity index (χ4v) is 4.78. The Morgan fingerprint density at radius 2 is 1.70 bits per heavy atom. The van der Waals surface area contributed by atoms with Gasteiger partial charge in [-0.25, -0.2) is 0 Å². The Bertz CT molecular complexity index is 402. The molecule has 0 amide bonds. The molecule has 1 saturated carbocycles. The van der Waals surface area contributed by atoms with Crippen LogP contribution in [0, 0.1) is 10.8 Å². The summed E-state index contributed by atoms with van der Waals surface area (Å²) in [5.74, 6) is 0. The van der Waals surface area contributed by atoms with E-state index in [1.54, 1.807) is 7.05 Å². The fraction of sp³-hybridized carbons (Fsp3) is 1.00. The summed E-state index contributed by atoms with van der Waals surface area (Å²) in [6, 6.07) is -0.0182. The summed E-state index contributed by atoms with van der Waals surface area (Å²) in [7, 11) is -1.91. The molecule has 0 heterocycles. The van der Waals surface area contributed by atoms with Crippen molar-refractivity contribution in [2.75, 3.05) is 20.2 Å². The number of aliphatic hydroxyl groups is 1. The third kappa shape index (κ3) is 5.31. The first-order chi connectivity index (χ1) is 8.97. The van der Waals surface area contributed by atoms with E-state index in [9.17, 15) is 8.42 Å². The lowest BCUT2D eigenvalue weighted by Gasteiger charge is -2.45. The number of nitrogens with zero attached hydrogens (tertiary/aromatic N) is 1. The maximum atomic E-state index is 12.3. The van der Waals surface area contributed by atoms with Gasteiger partial charge in [0.15, 0.2) is 0 Å². The number of aliphatic hydroxyl groups excluding tert-OH is 1. The van der Waals surface area contributed by atoms with Gasteiger partial charge in [0.1, 0.15) is 0 Å². The SMILES string of the molecule is CN(CCCO)S(=O)(=O)NC1CC(C)(C)CC(C)(C)C1. The molecule has 5 nitrogen and oxygen atoms in total. The first kappa shape index (κ1) is 17.9. The van der Waals surface area contributed by atoms with Gasteiger partial charge in [0, 0.05) is 26.2 Å². The van der Waals surface area contributed by atoms with E-state index in [1.165, 1.54) is 4.31 Å². The molecular formula is C14H30N2O3S. The Kier molecular flexibility index (Phi) is 5.63. The summed E-state index contributed by atoms with van der Waals surface area (Å²) in [4.78, 5) is 0. The van der Waals surface area contributed by atoms with Gasteiger partial charge >= 0.3 is 0 Å². The van der Waals surface area contributed by atoms with E-state index in [1.807, 2.05) is 0 Å². The summed E-state index contributed by atoms with van der Waals surface area (Å²) < 4.78 is 28.6. The van der Waals surface area contributed by atoms with Crippen molar-refractivity contribution in [3.63, 3.8) is 0 Å². The second-order valence-corrected chi connectivity index (χ2v) is 9.44. The van der Waals surface area contributed by atoms with Crippen LogP contribution in [0.15, 0.2) is 0 Å². The van der Waals surface area contributed by atoms with Crippen LogP contribution in [0.3, 0.4) is 0 Å². The lowest BCUT2D eigenvalue weighted by atomic mass is 9.64. The normalized spacial score (nSPS) is 23.1. The Labute approximate surface area is 123 Å². The van der Waals surface area contributed by atoms with Crippen LogP contribution >= 0.6 is 0 Å². The van der Waals surface area contributed by atoms with E-state index >= 15 is 0 Å². The predicted octanol–water partition coefficient (Wildman–Crippen LogP) is 1.74. The minimum atomic E-state index is -3.46. The van der Waals surface area contributed by atoms with Crippen molar-refractivity contribution in [3.05, 3.63) is 0 Å². The van der Waals surface area contributed by atoms with E-state index in [-0.39, 0.29) is 23.5 Å². The molecule has 0 atom stereocenters. The zero-order chi connectivity index (χ0) is 15.6. The summed E-state index contributed by atoms with van der Waals surface area (Å²) in [5.41, 5.74) is 0.303. The molecule has 0 aromatic carbocycles. The molecule has 0 saturated heterocycles. The molecule has 1 rings (SSSR count). The molecule has 1 aliphatic carbocycles. The van der Waals surface area contributed by atoms with Gasteiger partial charge < -0.3 is 5.11 Å². The first-order valence-corrected chi connectivity index (χ1v) is 8.76. The van der Waals surface area contributed by atoms with Gasteiger partial charge in [-0.2, -0.15) is 17.4 Å². The molecule has 6 heteroatoms. The second kappa shape index (κ2) is 6.30. The maximum Gasteiger partial charge on any atom is 0.279 e. The molecule has 0 spiro atoms. The van der Waals surface area contributed by atoms with E-state index in [0.717, 1.165) is 19.3 Å². The van der Waals surface area contributed by atoms with Crippen LogP contribution < -0.4 is 4.72 Å². The molecule has 0 bridgehead atoms. The van der Waals surface area contributed by atoms with E-state index in [2.05, 4.69) is 32.4 Å². The Hall–Kier alpha value is -0.170. The second-order valence-electron chi connectivity index (χ2n) is 7.63. The molecule has 20 heavy (non-hydrogen) atoms. The van der Waals surface area contributed by atoms with Gasteiger partial charge in [0.25, 0.3) is 10.2 Å². The van der Waals surface area contributed by atoms with Crippen molar-refractivity contribution in [2.24, 2.45) is 10.8 Å². The summed E-state index contributed by atoms with van der Waals surface area (Å²) in [5, 5.41) is 8.80. The lowest BCUT2D eigenvalue weighted by Crippen LogP contribution is -2.49. The standard InChI is InChI=1S/C14H30N2O3S/c1-13(2)9-12(10-14(3,4)11-13)15-20(18,19)16(5)7-6-8-17/h12,15,17H,6-11H2,1-5H3. The predicted molar refractivity (Wildman–Crippen MR) is 81.6 cm³/mol. The summed E-state index contributed by atoms with van der Waals surface area (Å²) in [6.07, 6.45) is 3.30. The Balaban J connectivity index is 2.71. The number of hydrogen-bond donors (Lipinski definition) is 2. The summed E-state index contributed by atoms with van der Waals surface area (Å²) in [6.45, 7) is 9.14. The van der Waals surface area contributed by atoms with Crippen LogP contribution in [-0.4, -0.2) is 44.1 Å². The largest absolute Gasteiger partial charge is 0.396 e. The van der Waals surface area contributed by atoms with Gasteiger partial charge in [-0.05, 0) is 36.5 Å². The highest BCUT2D eigenvalue weighted by Gasteiger charge is 2.40. The molecule has 2 N–H and O–H groups in total. The van der Waals surface area contributed by atoms with E-state index < -0.39 is 10.2 Å². The van der Waals surface area contributed by atoms with Gasteiger partial charge in [-0.15, -0.1) is 0 Å². The van der Waals surface area contributed by atoms with Gasteiger partial charge in [-0.3, -0.25) is 0 Å². The van der Waals surface area contributed by atoms with Crippen molar-refractivity contribution in [1.82, 2.24) is 9.03 Å². The van der Waals surface area contributed by atoms with Crippen molar-refractivity contribution in [2.45, 2.75) is 59.4 Å². The highest BCUT2D eigenvalue weighted by molar-refractivity contribution is 7.87. The van der Waals surface area contributed by atoms with Crippen molar-refractivity contribution < 1.29 is 13.5 Å². The third-order valence-electron chi connectivity index (χ3n) is 3.91. The fourth-order valence-electron chi connectivity index (χ4n) is 3.64. The van der Waals surface area contributed by atoms with Crippen LogP contribution in [0.1, 0.15) is 53.4 Å². The first-order valence-electron chi connectivity index (χ1n) is 7.32. The smallest absolute Gasteiger partial charge is 0.279 e. The van der Waals surface area contributed by atoms with Crippen molar-refractivity contribution in [3.8, 4) is 0 Å². The third-order valence-corrected chi connectivity index (χ3v) is 5.55. The van der Waals surface area contributed by atoms with Crippen LogP contribution in [0.4, 0.5) is 0 Å². The van der Waals surface area contributed by atoms with Gasteiger partial charge in [0.05, 0.1) is 0 Å². The molecule has 0 aliphatic heterocycles. The Morgan fingerprint density at radius 1 is 1.20 bits per heavy atom. The molecular weight excluding hydrogens is 276 g/mol. The molecule has 0 unspecified atom stereocenters. The van der Waals surface area contributed by atoms with Crippen LogP contribution in [0.2, 0.25) is 0 Å². The Morgan fingerprint density at radius 3 is 2.15 bits per heavy atom. The number of hydrogen-bond acceptors (Lipinski definition) is 3. The van der Waals surface area contributed by atoms with E-state index in [0.29, 0.717) is 13.0 Å². The zero-order valence-corrected chi connectivity index (χ0v) is 14.3. The zero-order valence-electron chi connectivity index (χ0n) is 13.4. The van der Waals surface area contributed by atoms with Gasteiger partial charge in [0.2, 0.25) is 0 Å². The van der Waals surface area contributed by atoms with Crippen LogP contribution in [-0.2, 0) is 10.2 Å². The maximum absolute atomic E-state index is 12.3. The molecule has 1 fully saturated rings. The monoisotopic (exact) mass is 306 g/mol. The van der Waals surface area contributed by atoms with Crippen LogP contribution in [0.5, 0.6) is 0 Å². The van der Waals surface area contributed by atoms with Crippen molar-refractivity contribution in [1.29, 1.82) is 0 Å². The minimum Gasteiger partial charge on any atom is -0.396 e. The summed E-state index contributed by atoms with van der Waals surface area (Å²) >= 11 is 0. The number of nitrogens with one attached hydrogen (secondary N) is 1. The molecule has 120 valence electrons.